The minimum absolute atomic E-state index is 0.107. The number of amides is 1. The van der Waals surface area contributed by atoms with E-state index in [0.29, 0.717) is 17.4 Å². The van der Waals surface area contributed by atoms with Crippen LogP contribution in [0.25, 0.3) is 22.2 Å². The van der Waals surface area contributed by atoms with E-state index in [0.717, 1.165) is 12.1 Å². The fraction of sp³-hybridized carbons (Fsp3) is 0.136. The molecule has 0 saturated carbocycles. The molecule has 0 aliphatic carbocycles. The van der Waals surface area contributed by atoms with Crippen molar-refractivity contribution in [1.29, 1.82) is 0 Å². The Balaban J connectivity index is 1.54. The zero-order valence-corrected chi connectivity index (χ0v) is 16.7. The number of carbonyl (C=O) groups excluding carboxylic acids is 1. The summed E-state index contributed by atoms with van der Waals surface area (Å²) in [5.74, 6) is -0.575. The third kappa shape index (κ3) is 4.07. The zero-order chi connectivity index (χ0) is 22.9. The summed E-state index contributed by atoms with van der Waals surface area (Å²) in [5, 5.41) is 0.447. The minimum atomic E-state index is -4.49. The Morgan fingerprint density at radius 2 is 1.88 bits per heavy atom. The van der Waals surface area contributed by atoms with E-state index in [2.05, 4.69) is 15.8 Å². The number of carbonyl (C=O) groups is 1. The summed E-state index contributed by atoms with van der Waals surface area (Å²) in [6, 6.07) is 14.2. The molecule has 2 aromatic carbocycles. The van der Waals surface area contributed by atoms with Gasteiger partial charge in [-0.15, -0.1) is 0 Å². The van der Waals surface area contributed by atoms with E-state index >= 15 is 0 Å². The van der Waals surface area contributed by atoms with Crippen molar-refractivity contribution in [2.24, 2.45) is 0 Å². The van der Waals surface area contributed by atoms with Gasteiger partial charge >= 0.3 is 12.1 Å². The molecule has 0 radical (unpaired) electrons. The van der Waals surface area contributed by atoms with E-state index in [-0.39, 0.29) is 28.6 Å². The third-order valence-electron chi connectivity index (χ3n) is 4.77. The maximum Gasteiger partial charge on any atom is 0.416 e. The van der Waals surface area contributed by atoms with Gasteiger partial charge in [0.2, 0.25) is 5.95 Å². The summed E-state index contributed by atoms with van der Waals surface area (Å²) >= 11 is 0. The number of aromatic nitrogens is 2. The Morgan fingerprint density at radius 1 is 1.09 bits per heavy atom. The first-order valence-electron chi connectivity index (χ1n) is 9.61. The first-order valence-corrected chi connectivity index (χ1v) is 9.61. The highest BCUT2D eigenvalue weighted by atomic mass is 19.4. The second-order valence-electron chi connectivity index (χ2n) is 6.82. The van der Waals surface area contributed by atoms with Crippen molar-refractivity contribution in [2.45, 2.75) is 19.6 Å². The molecule has 0 unspecified atom stereocenters. The van der Waals surface area contributed by atoms with Crippen molar-refractivity contribution in [3.05, 3.63) is 82.3 Å². The van der Waals surface area contributed by atoms with Gasteiger partial charge in [-0.05, 0) is 43.3 Å². The van der Waals surface area contributed by atoms with Gasteiger partial charge in [-0.25, -0.2) is 4.98 Å². The van der Waals surface area contributed by atoms with E-state index in [1.54, 1.807) is 31.2 Å². The van der Waals surface area contributed by atoms with Gasteiger partial charge in [-0.3, -0.25) is 25.0 Å². The van der Waals surface area contributed by atoms with Crippen LogP contribution in [0.3, 0.4) is 0 Å². The molecule has 4 aromatic rings. The van der Waals surface area contributed by atoms with Gasteiger partial charge in [0, 0.05) is 12.1 Å². The normalized spacial score (nSPS) is 11.5. The van der Waals surface area contributed by atoms with Gasteiger partial charge < -0.3 is 4.42 Å². The molecule has 2 heterocycles. The van der Waals surface area contributed by atoms with Crippen LogP contribution in [0.15, 0.2) is 69.9 Å². The molecule has 0 aliphatic heterocycles. The number of nitrogens with one attached hydrogen (secondary N) is 2. The number of benzene rings is 2. The summed E-state index contributed by atoms with van der Waals surface area (Å²) in [4.78, 5) is 29.5. The molecule has 2 N–H and O–H groups in total. The topological polar surface area (TPSA) is 89.2 Å². The number of hydrogen-bond donors (Lipinski definition) is 2. The van der Waals surface area contributed by atoms with Crippen LogP contribution in [0.1, 0.15) is 23.0 Å². The number of para-hydroxylation sites is 1. The van der Waals surface area contributed by atoms with E-state index < -0.39 is 17.6 Å². The van der Waals surface area contributed by atoms with Crippen LogP contribution in [0.5, 0.6) is 0 Å². The summed E-state index contributed by atoms with van der Waals surface area (Å²) in [7, 11) is 0. The lowest BCUT2D eigenvalue weighted by molar-refractivity contribution is -0.137. The molecular weight excluding hydrogens is 425 g/mol. The molecule has 0 saturated heterocycles. The number of furan rings is 1. The van der Waals surface area contributed by atoms with Crippen molar-refractivity contribution >= 4 is 22.8 Å². The lowest BCUT2D eigenvalue weighted by atomic mass is 10.1. The molecule has 1 amide bonds. The van der Waals surface area contributed by atoms with E-state index in [9.17, 15) is 22.8 Å². The van der Waals surface area contributed by atoms with Crippen molar-refractivity contribution < 1.29 is 22.4 Å². The predicted molar refractivity (Wildman–Crippen MR) is 112 cm³/mol. The average Bonchev–Trinajstić information content (AvgIpc) is 3.28. The van der Waals surface area contributed by atoms with E-state index in [4.69, 9.17) is 4.42 Å². The number of halogens is 3. The van der Waals surface area contributed by atoms with Crippen LogP contribution in [0.2, 0.25) is 0 Å². The minimum Gasteiger partial charge on any atom is -0.451 e. The lowest BCUT2D eigenvalue weighted by Gasteiger charge is -2.13. The Labute approximate surface area is 179 Å². The molecular formula is C22H17F3N4O3. The van der Waals surface area contributed by atoms with Crippen molar-refractivity contribution in [3.63, 3.8) is 0 Å². The molecule has 0 spiro atoms. The molecule has 7 nitrogen and oxygen atoms in total. The van der Waals surface area contributed by atoms with Crippen molar-refractivity contribution in [2.75, 3.05) is 5.43 Å². The lowest BCUT2D eigenvalue weighted by Crippen LogP contribution is -2.34. The number of rotatable bonds is 5. The summed E-state index contributed by atoms with van der Waals surface area (Å²) in [5.41, 5.74) is 4.57. The maximum absolute atomic E-state index is 12.9. The first kappa shape index (κ1) is 21.2. The van der Waals surface area contributed by atoms with Crippen LogP contribution < -0.4 is 16.4 Å². The highest BCUT2D eigenvalue weighted by Gasteiger charge is 2.30. The van der Waals surface area contributed by atoms with Crippen molar-refractivity contribution in [3.8, 4) is 11.3 Å². The number of fused-ring (bicyclic) bond motifs is 1. The van der Waals surface area contributed by atoms with Gasteiger partial charge in [-0.1, -0.05) is 24.3 Å². The zero-order valence-electron chi connectivity index (χ0n) is 16.7. The Kier molecular flexibility index (Phi) is 5.43. The van der Waals surface area contributed by atoms with Gasteiger partial charge in [0.05, 0.1) is 16.5 Å². The molecule has 164 valence electrons. The summed E-state index contributed by atoms with van der Waals surface area (Å²) in [6.07, 6.45) is -4.49. The van der Waals surface area contributed by atoms with Crippen LogP contribution in [0, 0.1) is 0 Å². The third-order valence-corrected chi connectivity index (χ3v) is 4.77. The monoisotopic (exact) mass is 442 g/mol. The molecule has 2 aromatic heterocycles. The second kappa shape index (κ2) is 8.22. The molecule has 0 bridgehead atoms. The number of alkyl halides is 3. The molecule has 32 heavy (non-hydrogen) atoms. The van der Waals surface area contributed by atoms with Crippen LogP contribution in [0.4, 0.5) is 19.1 Å². The number of hydrazine groups is 1. The largest absolute Gasteiger partial charge is 0.451 e. The number of nitrogens with zero attached hydrogens (tertiary/aromatic N) is 2. The maximum atomic E-state index is 12.9. The van der Waals surface area contributed by atoms with Crippen LogP contribution >= 0.6 is 0 Å². The van der Waals surface area contributed by atoms with E-state index in [1.807, 2.05) is 0 Å². The van der Waals surface area contributed by atoms with Gasteiger partial charge in [0.25, 0.3) is 5.56 Å². The molecule has 0 fully saturated rings. The first-order chi connectivity index (χ1) is 15.3. The smallest absolute Gasteiger partial charge is 0.416 e. The molecule has 0 atom stereocenters. The van der Waals surface area contributed by atoms with Crippen molar-refractivity contribution in [1.82, 2.24) is 15.0 Å². The van der Waals surface area contributed by atoms with Gasteiger partial charge in [0.15, 0.2) is 5.76 Å². The summed E-state index contributed by atoms with van der Waals surface area (Å²) < 4.78 is 45.6. The SMILES string of the molecule is CCn1c(NNC(=O)c2ccc(-c3cccc(C(F)(F)F)c3)o2)nc2ccccc2c1=O. The predicted octanol–water partition coefficient (Wildman–Crippen LogP) is 4.45. The Bertz CT molecular complexity index is 1360. The average molecular weight is 442 g/mol. The standard InChI is InChI=1S/C22H17F3N4O3/c1-2-29-20(31)15-8-3-4-9-16(15)26-21(29)28-27-19(30)18-11-10-17(32-18)13-6-5-7-14(12-13)22(23,24)25/h3-12H,2H2,1H3,(H,26,28)(H,27,30). The van der Waals surface area contributed by atoms with Gasteiger partial charge in [0.1, 0.15) is 5.76 Å². The Morgan fingerprint density at radius 3 is 2.62 bits per heavy atom. The van der Waals surface area contributed by atoms with Crippen LogP contribution in [-0.4, -0.2) is 15.5 Å². The van der Waals surface area contributed by atoms with E-state index in [1.165, 1.54) is 28.8 Å². The summed E-state index contributed by atoms with van der Waals surface area (Å²) in [6.45, 7) is 2.08. The highest BCUT2D eigenvalue weighted by molar-refractivity contribution is 5.92. The Hall–Kier alpha value is -4.08. The molecule has 4 rings (SSSR count). The fourth-order valence-electron chi connectivity index (χ4n) is 3.19. The number of hydrogen-bond acceptors (Lipinski definition) is 5. The highest BCUT2D eigenvalue weighted by Crippen LogP contribution is 2.32. The second-order valence-corrected chi connectivity index (χ2v) is 6.82. The molecule has 10 heteroatoms. The van der Waals surface area contributed by atoms with Crippen LogP contribution in [-0.2, 0) is 12.7 Å². The molecule has 0 aliphatic rings. The fourth-order valence-corrected chi connectivity index (χ4v) is 3.19. The van der Waals surface area contributed by atoms with Gasteiger partial charge in [-0.2, -0.15) is 13.2 Å². The quantitative estimate of drug-likeness (QED) is 0.446. The number of anilines is 1.